The number of aromatic nitrogens is 1. The van der Waals surface area contributed by atoms with Crippen molar-refractivity contribution in [3.63, 3.8) is 0 Å². The summed E-state index contributed by atoms with van der Waals surface area (Å²) in [7, 11) is 0. The van der Waals surface area contributed by atoms with Crippen molar-refractivity contribution < 1.29 is 23.8 Å². The van der Waals surface area contributed by atoms with Crippen molar-refractivity contribution in [2.45, 2.75) is 18.9 Å². The number of carbonyl (C=O) groups excluding carboxylic acids is 1. The Morgan fingerprint density at radius 3 is 2.30 bits per heavy atom. The van der Waals surface area contributed by atoms with E-state index in [2.05, 4.69) is 40.6 Å². The van der Waals surface area contributed by atoms with E-state index in [1.165, 1.54) is 40.6 Å². The Hall–Kier alpha value is -4.43. The molecule has 216 valence electrons. The monoisotopic (exact) mass is 596 g/mol. The van der Waals surface area contributed by atoms with E-state index in [9.17, 15) is 19.1 Å². The minimum atomic E-state index is -1.05. The average Bonchev–Trinajstić information content (AvgIpc) is 3.41. The molecule has 0 aliphatic carbocycles. The van der Waals surface area contributed by atoms with Crippen LogP contribution in [0.25, 0.3) is 21.8 Å². The number of fused-ring (bicyclic) bond motifs is 3. The van der Waals surface area contributed by atoms with E-state index < -0.39 is 17.8 Å². The molecule has 6 aromatic rings. The second kappa shape index (κ2) is 13.9. The van der Waals surface area contributed by atoms with Gasteiger partial charge in [0.1, 0.15) is 17.6 Å². The van der Waals surface area contributed by atoms with Gasteiger partial charge in [0.2, 0.25) is 0 Å². The molecule has 8 heteroatoms. The van der Waals surface area contributed by atoms with Crippen LogP contribution >= 0.6 is 0 Å². The van der Waals surface area contributed by atoms with Crippen molar-refractivity contribution >= 4 is 68.8 Å². The zero-order valence-electron chi connectivity index (χ0n) is 23.2. The van der Waals surface area contributed by atoms with Gasteiger partial charge in [-0.3, -0.25) is 4.79 Å². The molecular formula is C36H30FN2NaO4. The molecule has 1 unspecified atom stereocenters. The molecule has 0 bridgehead atoms. The van der Waals surface area contributed by atoms with Crippen LogP contribution in [0.15, 0.2) is 115 Å². The third-order valence-corrected chi connectivity index (χ3v) is 7.54. The molecule has 1 aromatic heterocycles. The number of ether oxygens (including phenoxy) is 1. The predicted molar refractivity (Wildman–Crippen MR) is 174 cm³/mol. The van der Waals surface area contributed by atoms with Gasteiger partial charge in [-0.1, -0.05) is 60.7 Å². The van der Waals surface area contributed by atoms with Gasteiger partial charge in [-0.15, -0.1) is 0 Å². The molecule has 0 saturated carbocycles. The van der Waals surface area contributed by atoms with Crippen LogP contribution < -0.4 is 10.1 Å². The third-order valence-electron chi connectivity index (χ3n) is 7.54. The van der Waals surface area contributed by atoms with E-state index in [0.717, 1.165) is 23.0 Å². The number of ketones is 1. The summed E-state index contributed by atoms with van der Waals surface area (Å²) in [5, 5.41) is 15.4. The molecule has 0 aliphatic rings. The number of H-pyrrole nitrogens is 1. The van der Waals surface area contributed by atoms with Gasteiger partial charge in [-0.2, -0.15) is 0 Å². The van der Waals surface area contributed by atoms with Crippen LogP contribution in [0.1, 0.15) is 27.0 Å². The minimum absolute atomic E-state index is 0. The molecule has 0 spiro atoms. The Balaban J connectivity index is 0.00000384. The number of aliphatic carboxylic acids is 1. The Bertz CT molecular complexity index is 1920. The van der Waals surface area contributed by atoms with E-state index >= 15 is 0 Å². The molecule has 1 heterocycles. The summed E-state index contributed by atoms with van der Waals surface area (Å²) in [6.07, 6.45) is 0.921. The van der Waals surface area contributed by atoms with Gasteiger partial charge in [0.15, 0.2) is 5.78 Å². The molecule has 6 rings (SSSR count). The zero-order chi connectivity index (χ0) is 29.8. The first-order valence-electron chi connectivity index (χ1n) is 14.0. The van der Waals surface area contributed by atoms with Crippen LogP contribution in [0, 0.1) is 5.82 Å². The van der Waals surface area contributed by atoms with Crippen molar-refractivity contribution in [1.82, 2.24) is 4.98 Å². The second-order valence-electron chi connectivity index (χ2n) is 10.4. The Morgan fingerprint density at radius 2 is 1.52 bits per heavy atom. The first-order chi connectivity index (χ1) is 21.0. The molecule has 5 aromatic carbocycles. The molecular weight excluding hydrogens is 566 g/mol. The third kappa shape index (κ3) is 6.86. The van der Waals surface area contributed by atoms with Gasteiger partial charge in [0.05, 0.1) is 6.61 Å². The van der Waals surface area contributed by atoms with Crippen molar-refractivity contribution in [2.24, 2.45) is 0 Å². The number of hydrogen-bond donors (Lipinski definition) is 3. The van der Waals surface area contributed by atoms with E-state index in [0.29, 0.717) is 29.2 Å². The van der Waals surface area contributed by atoms with Gasteiger partial charge in [0.25, 0.3) is 0 Å². The topological polar surface area (TPSA) is 91.4 Å². The Morgan fingerprint density at radius 1 is 0.818 bits per heavy atom. The summed E-state index contributed by atoms with van der Waals surface area (Å²) in [5.41, 5.74) is 5.24. The molecule has 0 aliphatic heterocycles. The van der Waals surface area contributed by atoms with Crippen molar-refractivity contribution in [3.8, 4) is 5.75 Å². The van der Waals surface area contributed by atoms with Gasteiger partial charge in [-0.05, 0) is 65.7 Å². The van der Waals surface area contributed by atoms with E-state index in [4.69, 9.17) is 4.74 Å². The second-order valence-corrected chi connectivity index (χ2v) is 10.4. The first-order valence-corrected chi connectivity index (χ1v) is 14.0. The Kier molecular flexibility index (Phi) is 9.80. The van der Waals surface area contributed by atoms with Crippen LogP contribution in [-0.4, -0.2) is 64.0 Å². The standard InChI is InChI=1S/C36H29FN2O4.Na.H/c37-26-16-14-25(15-17-26)35(40)30-8-2-4-11-32(30)38-33(36(41)42)22-23-12-18-27(19-13-23)43-21-20-24-6-5-9-29-28-7-1-3-10-31(28)39-34(24)29;;/h1-19,33,38-39H,20-22H2,(H,41,42);;. The number of rotatable bonds is 11. The number of carbonyl (C=O) groups is 2. The molecule has 3 N–H and O–H groups in total. The number of para-hydroxylation sites is 3. The number of carboxylic acids is 1. The van der Waals surface area contributed by atoms with E-state index in [1.807, 2.05) is 36.4 Å². The molecule has 44 heavy (non-hydrogen) atoms. The maximum atomic E-state index is 13.3. The predicted octanol–water partition coefficient (Wildman–Crippen LogP) is 6.77. The average molecular weight is 597 g/mol. The summed E-state index contributed by atoms with van der Waals surface area (Å²) in [5.74, 6) is -1.11. The first kappa shape index (κ1) is 31.0. The fraction of sp³-hybridized carbons (Fsp3) is 0.111. The Labute approximate surface area is 276 Å². The molecule has 1 atom stereocenters. The molecule has 0 amide bonds. The number of halogens is 1. The fourth-order valence-electron chi connectivity index (χ4n) is 5.33. The summed E-state index contributed by atoms with van der Waals surface area (Å²) in [6, 6.07) is 32.9. The van der Waals surface area contributed by atoms with Crippen LogP contribution in [-0.2, 0) is 17.6 Å². The zero-order valence-corrected chi connectivity index (χ0v) is 23.2. The molecule has 6 nitrogen and oxygen atoms in total. The number of hydrogen-bond acceptors (Lipinski definition) is 4. The number of carboxylic acid groups (broad SMARTS) is 1. The van der Waals surface area contributed by atoms with Crippen molar-refractivity contribution in [3.05, 3.63) is 143 Å². The SMILES string of the molecule is O=C(c1ccc(F)cc1)c1ccccc1NC(Cc1ccc(OCCc2cccc3c2[nH]c2ccccc23)cc1)C(=O)O.[NaH]. The summed E-state index contributed by atoms with van der Waals surface area (Å²) in [6.45, 7) is 0.492. The molecule has 0 radical (unpaired) electrons. The van der Waals surface area contributed by atoms with Crippen LogP contribution in [0.2, 0.25) is 0 Å². The number of aromatic amines is 1. The van der Waals surface area contributed by atoms with Gasteiger partial charge in [-0.25, -0.2) is 9.18 Å². The van der Waals surface area contributed by atoms with Crippen LogP contribution in [0.3, 0.4) is 0 Å². The van der Waals surface area contributed by atoms with Crippen LogP contribution in [0.5, 0.6) is 5.75 Å². The van der Waals surface area contributed by atoms with Crippen LogP contribution in [0.4, 0.5) is 10.1 Å². The fourth-order valence-corrected chi connectivity index (χ4v) is 5.33. The molecule has 0 fully saturated rings. The summed E-state index contributed by atoms with van der Waals surface area (Å²) in [4.78, 5) is 28.8. The van der Waals surface area contributed by atoms with E-state index in [-0.39, 0.29) is 41.8 Å². The maximum absolute atomic E-state index is 13.3. The van der Waals surface area contributed by atoms with E-state index in [1.54, 1.807) is 24.3 Å². The quantitative estimate of drug-likeness (QED) is 0.113. The van der Waals surface area contributed by atoms with Crippen molar-refractivity contribution in [1.29, 1.82) is 0 Å². The normalized spacial score (nSPS) is 11.6. The summed E-state index contributed by atoms with van der Waals surface area (Å²) >= 11 is 0. The van der Waals surface area contributed by atoms with Crippen molar-refractivity contribution in [2.75, 3.05) is 11.9 Å². The summed E-state index contributed by atoms with van der Waals surface area (Å²) < 4.78 is 19.4. The number of anilines is 1. The number of benzene rings is 5. The molecule has 0 saturated heterocycles. The van der Waals surface area contributed by atoms with Gasteiger partial charge in [0, 0.05) is 51.5 Å². The van der Waals surface area contributed by atoms with Gasteiger partial charge < -0.3 is 20.1 Å². The number of nitrogens with one attached hydrogen (secondary N) is 2. The van der Waals surface area contributed by atoms with Gasteiger partial charge >= 0.3 is 35.5 Å².